The first-order valence-electron chi connectivity index (χ1n) is 5.19. The number of Topliss-reactive ketones (excluding diaryl/α,β-unsaturated/α-hetero) is 1. The molecule has 2 rings (SSSR count). The second-order valence-electron chi connectivity index (χ2n) is 4.69. The molecule has 1 aliphatic carbocycles. The van der Waals surface area contributed by atoms with Crippen molar-refractivity contribution in [3.63, 3.8) is 0 Å². The van der Waals surface area contributed by atoms with Crippen molar-refractivity contribution >= 4 is 17.1 Å². The minimum Gasteiger partial charge on any atom is -0.294 e. The van der Waals surface area contributed by atoms with E-state index < -0.39 is 0 Å². The van der Waals surface area contributed by atoms with Gasteiger partial charge in [0.05, 0.1) is 0 Å². The van der Waals surface area contributed by atoms with Crippen molar-refractivity contribution in [1.82, 2.24) is 0 Å². The van der Waals surface area contributed by atoms with Crippen molar-refractivity contribution in [2.24, 2.45) is 11.3 Å². The van der Waals surface area contributed by atoms with Crippen molar-refractivity contribution in [3.05, 3.63) is 22.4 Å². The highest BCUT2D eigenvalue weighted by Gasteiger charge is 2.40. The van der Waals surface area contributed by atoms with Crippen molar-refractivity contribution < 1.29 is 4.79 Å². The number of thiophene rings is 1. The molecule has 76 valence electrons. The third-order valence-electron chi connectivity index (χ3n) is 3.49. The SMILES string of the molecule is CC(C)(C(=O)c1ccsc1)C1CCC1. The van der Waals surface area contributed by atoms with Gasteiger partial charge in [0.15, 0.2) is 5.78 Å². The van der Waals surface area contributed by atoms with Crippen LogP contribution in [0, 0.1) is 11.3 Å². The number of carbonyl (C=O) groups excluding carboxylic acids is 1. The number of hydrogen-bond donors (Lipinski definition) is 0. The fourth-order valence-corrected chi connectivity index (χ4v) is 2.72. The largest absolute Gasteiger partial charge is 0.294 e. The van der Waals surface area contributed by atoms with Crippen LogP contribution in [0.5, 0.6) is 0 Å². The quantitative estimate of drug-likeness (QED) is 0.691. The Morgan fingerprint density at radius 2 is 2.21 bits per heavy atom. The van der Waals surface area contributed by atoms with Gasteiger partial charge in [0.1, 0.15) is 0 Å². The van der Waals surface area contributed by atoms with Crippen LogP contribution < -0.4 is 0 Å². The third kappa shape index (κ3) is 1.52. The maximum absolute atomic E-state index is 12.2. The van der Waals surface area contributed by atoms with Crippen molar-refractivity contribution in [3.8, 4) is 0 Å². The summed E-state index contributed by atoms with van der Waals surface area (Å²) in [5, 5.41) is 3.94. The Labute approximate surface area is 89.1 Å². The Morgan fingerprint density at radius 1 is 1.50 bits per heavy atom. The van der Waals surface area contributed by atoms with E-state index in [1.807, 2.05) is 16.8 Å². The average molecular weight is 208 g/mol. The lowest BCUT2D eigenvalue weighted by molar-refractivity contribution is 0.0622. The summed E-state index contributed by atoms with van der Waals surface area (Å²) in [5.41, 5.74) is 0.742. The van der Waals surface area contributed by atoms with Gasteiger partial charge in [-0.15, -0.1) is 0 Å². The van der Waals surface area contributed by atoms with Gasteiger partial charge in [0.25, 0.3) is 0 Å². The highest BCUT2D eigenvalue weighted by atomic mass is 32.1. The fourth-order valence-electron chi connectivity index (χ4n) is 2.08. The number of carbonyl (C=O) groups is 1. The van der Waals surface area contributed by atoms with E-state index in [2.05, 4.69) is 13.8 Å². The van der Waals surface area contributed by atoms with Gasteiger partial charge in [-0.2, -0.15) is 11.3 Å². The maximum Gasteiger partial charge on any atom is 0.169 e. The fraction of sp³-hybridized carbons (Fsp3) is 0.583. The van der Waals surface area contributed by atoms with Crippen molar-refractivity contribution in [1.29, 1.82) is 0 Å². The predicted molar refractivity (Wildman–Crippen MR) is 59.8 cm³/mol. The van der Waals surface area contributed by atoms with E-state index in [0.29, 0.717) is 11.7 Å². The van der Waals surface area contributed by atoms with Gasteiger partial charge in [0, 0.05) is 16.4 Å². The highest BCUT2D eigenvalue weighted by molar-refractivity contribution is 7.08. The lowest BCUT2D eigenvalue weighted by Gasteiger charge is -2.39. The molecule has 0 amide bonds. The maximum atomic E-state index is 12.2. The summed E-state index contributed by atoms with van der Waals surface area (Å²) in [5.74, 6) is 0.929. The van der Waals surface area contributed by atoms with E-state index in [1.165, 1.54) is 19.3 Å². The molecule has 0 spiro atoms. The summed E-state index contributed by atoms with van der Waals surface area (Å²) in [4.78, 5) is 12.2. The first-order chi connectivity index (χ1) is 6.62. The highest BCUT2D eigenvalue weighted by Crippen LogP contribution is 2.43. The lowest BCUT2D eigenvalue weighted by Crippen LogP contribution is -2.36. The van der Waals surface area contributed by atoms with Gasteiger partial charge in [0.2, 0.25) is 0 Å². The van der Waals surface area contributed by atoms with E-state index in [9.17, 15) is 4.79 Å². The Hall–Kier alpha value is -0.630. The molecule has 0 unspecified atom stereocenters. The Morgan fingerprint density at radius 3 is 2.64 bits per heavy atom. The third-order valence-corrected chi connectivity index (χ3v) is 4.18. The monoisotopic (exact) mass is 208 g/mol. The van der Waals surface area contributed by atoms with Crippen molar-refractivity contribution in [2.75, 3.05) is 0 Å². The summed E-state index contributed by atoms with van der Waals surface area (Å²) >= 11 is 1.60. The topological polar surface area (TPSA) is 17.1 Å². The van der Waals surface area contributed by atoms with Crippen LogP contribution >= 0.6 is 11.3 Å². The molecular formula is C12H16OS. The van der Waals surface area contributed by atoms with Crippen LogP contribution in [0.2, 0.25) is 0 Å². The van der Waals surface area contributed by atoms with Gasteiger partial charge in [-0.05, 0) is 30.2 Å². The Bertz CT molecular complexity index is 320. The number of hydrogen-bond acceptors (Lipinski definition) is 2. The summed E-state index contributed by atoms with van der Waals surface area (Å²) in [6, 6.07) is 1.94. The molecule has 0 N–H and O–H groups in total. The molecule has 14 heavy (non-hydrogen) atoms. The van der Waals surface area contributed by atoms with E-state index in [4.69, 9.17) is 0 Å². The number of ketones is 1. The zero-order valence-electron chi connectivity index (χ0n) is 8.75. The minimum atomic E-state index is -0.153. The summed E-state index contributed by atoms with van der Waals surface area (Å²) in [6.07, 6.45) is 3.75. The molecule has 1 nitrogen and oxygen atoms in total. The molecule has 0 aromatic carbocycles. The van der Waals surface area contributed by atoms with Gasteiger partial charge in [-0.3, -0.25) is 4.79 Å². The summed E-state index contributed by atoms with van der Waals surface area (Å²) < 4.78 is 0. The molecule has 1 aromatic rings. The molecule has 1 aromatic heterocycles. The van der Waals surface area contributed by atoms with Gasteiger partial charge in [-0.1, -0.05) is 20.3 Å². The molecule has 0 radical (unpaired) electrons. The van der Waals surface area contributed by atoms with Crippen LogP contribution in [-0.4, -0.2) is 5.78 Å². The normalized spacial score (nSPS) is 17.9. The van der Waals surface area contributed by atoms with E-state index in [0.717, 1.165) is 5.56 Å². The summed E-state index contributed by atoms with van der Waals surface area (Å²) in [7, 11) is 0. The zero-order chi connectivity index (χ0) is 10.2. The molecular weight excluding hydrogens is 192 g/mol. The molecule has 1 saturated carbocycles. The van der Waals surface area contributed by atoms with E-state index in [1.54, 1.807) is 11.3 Å². The smallest absolute Gasteiger partial charge is 0.169 e. The first-order valence-corrected chi connectivity index (χ1v) is 6.13. The van der Waals surface area contributed by atoms with Crippen LogP contribution in [-0.2, 0) is 0 Å². The van der Waals surface area contributed by atoms with E-state index >= 15 is 0 Å². The summed E-state index contributed by atoms with van der Waals surface area (Å²) in [6.45, 7) is 4.19. The Balaban J connectivity index is 2.17. The molecule has 2 heteroatoms. The van der Waals surface area contributed by atoms with Gasteiger partial charge in [-0.25, -0.2) is 0 Å². The van der Waals surface area contributed by atoms with Crippen LogP contribution in [0.3, 0.4) is 0 Å². The van der Waals surface area contributed by atoms with Crippen LogP contribution in [0.25, 0.3) is 0 Å². The zero-order valence-corrected chi connectivity index (χ0v) is 9.56. The van der Waals surface area contributed by atoms with Crippen LogP contribution in [0.15, 0.2) is 16.8 Å². The standard InChI is InChI=1S/C12H16OS/c1-12(2,10-4-3-5-10)11(13)9-6-7-14-8-9/h6-8,10H,3-5H2,1-2H3. The molecule has 0 saturated heterocycles. The molecule has 1 heterocycles. The van der Waals surface area contributed by atoms with Gasteiger partial charge >= 0.3 is 0 Å². The lowest BCUT2D eigenvalue weighted by atomic mass is 9.64. The average Bonchev–Trinajstić information content (AvgIpc) is 2.49. The Kier molecular flexibility index (Phi) is 2.48. The predicted octanol–water partition coefficient (Wildman–Crippen LogP) is 3.76. The molecule has 0 atom stereocenters. The second kappa shape index (κ2) is 3.50. The minimum absolute atomic E-state index is 0.153. The number of rotatable bonds is 3. The molecule has 0 bridgehead atoms. The molecule has 1 fully saturated rings. The molecule has 1 aliphatic rings. The second-order valence-corrected chi connectivity index (χ2v) is 5.47. The van der Waals surface area contributed by atoms with Crippen molar-refractivity contribution in [2.45, 2.75) is 33.1 Å². The molecule has 0 aliphatic heterocycles. The van der Waals surface area contributed by atoms with Gasteiger partial charge < -0.3 is 0 Å². The van der Waals surface area contributed by atoms with E-state index in [-0.39, 0.29) is 5.41 Å². The van der Waals surface area contributed by atoms with Crippen LogP contribution in [0.4, 0.5) is 0 Å². The van der Waals surface area contributed by atoms with Crippen LogP contribution in [0.1, 0.15) is 43.5 Å². The first kappa shape index (κ1) is 9.91.